The molecule has 2 aromatic rings. The van der Waals surface area contributed by atoms with Crippen LogP contribution in [0.15, 0.2) is 30.3 Å². The van der Waals surface area contributed by atoms with Crippen LogP contribution >= 0.6 is 0 Å². The van der Waals surface area contributed by atoms with E-state index in [-0.39, 0.29) is 6.04 Å². The highest BCUT2D eigenvalue weighted by Crippen LogP contribution is 2.26. The molecule has 1 N–H and O–H groups in total. The van der Waals surface area contributed by atoms with Crippen LogP contribution < -0.4 is 10.2 Å². The number of rotatable bonds is 3. The topological polar surface area (TPSA) is 28.2 Å². The van der Waals surface area contributed by atoms with Crippen LogP contribution in [-0.4, -0.2) is 24.1 Å². The Kier molecular flexibility index (Phi) is 4.36. The number of nitrogens with one attached hydrogen (secondary N) is 1. The van der Waals surface area contributed by atoms with Gasteiger partial charge in [-0.25, -0.2) is 0 Å². The minimum Gasteiger partial charge on any atom is -0.377 e. The Labute approximate surface area is 130 Å². The number of hydrogen-bond acceptors (Lipinski definition) is 3. The lowest BCUT2D eigenvalue weighted by atomic mass is 10.0. The second-order valence-electron chi connectivity index (χ2n) is 5.44. The minimum atomic E-state index is -1.65. The fourth-order valence-corrected chi connectivity index (χ4v) is 2.74. The van der Waals surface area contributed by atoms with Crippen LogP contribution in [-0.2, 0) is 0 Å². The van der Waals surface area contributed by atoms with Crippen molar-refractivity contribution < 1.29 is 17.6 Å². The van der Waals surface area contributed by atoms with Crippen molar-refractivity contribution in [3.8, 4) is 0 Å². The number of benzene rings is 1. The van der Waals surface area contributed by atoms with E-state index in [1.807, 2.05) is 30.3 Å². The van der Waals surface area contributed by atoms with Gasteiger partial charge in [-0.1, -0.05) is 18.2 Å². The third-order valence-corrected chi connectivity index (χ3v) is 3.96. The molecule has 3 nitrogen and oxygen atoms in total. The number of hydrogen-bond donors (Lipinski definition) is 1. The SMILES string of the molecule is Fc1nc(F)c(F)c(NC2CCN(c3ccccc3)CC2)c1F. The number of anilines is 2. The van der Waals surface area contributed by atoms with Crippen molar-refractivity contribution in [2.45, 2.75) is 18.9 Å². The van der Waals surface area contributed by atoms with Crippen molar-refractivity contribution in [2.24, 2.45) is 0 Å². The highest BCUT2D eigenvalue weighted by atomic mass is 19.2. The highest BCUT2D eigenvalue weighted by molar-refractivity contribution is 5.48. The van der Waals surface area contributed by atoms with Gasteiger partial charge in [-0.05, 0) is 25.0 Å². The highest BCUT2D eigenvalue weighted by Gasteiger charge is 2.25. The molecule has 0 saturated carbocycles. The lowest BCUT2D eigenvalue weighted by Gasteiger charge is -2.34. The van der Waals surface area contributed by atoms with Crippen LogP contribution in [0.25, 0.3) is 0 Å². The van der Waals surface area contributed by atoms with Crippen molar-refractivity contribution >= 4 is 11.4 Å². The van der Waals surface area contributed by atoms with Crippen LogP contribution in [0.3, 0.4) is 0 Å². The Morgan fingerprint density at radius 1 is 0.913 bits per heavy atom. The second-order valence-corrected chi connectivity index (χ2v) is 5.44. The molecule has 7 heteroatoms. The largest absolute Gasteiger partial charge is 0.377 e. The Bertz CT molecular complexity index is 659. The minimum absolute atomic E-state index is 0.264. The van der Waals surface area contributed by atoms with Crippen molar-refractivity contribution in [3.63, 3.8) is 0 Å². The number of para-hydroxylation sites is 1. The molecule has 1 aliphatic rings. The van der Waals surface area contributed by atoms with Crippen molar-refractivity contribution in [1.29, 1.82) is 0 Å². The Balaban J connectivity index is 1.68. The molecule has 2 heterocycles. The fourth-order valence-electron chi connectivity index (χ4n) is 2.74. The van der Waals surface area contributed by atoms with Crippen LogP contribution in [0.1, 0.15) is 12.8 Å². The molecule has 23 heavy (non-hydrogen) atoms. The van der Waals surface area contributed by atoms with Gasteiger partial charge in [0.05, 0.1) is 0 Å². The molecule has 0 unspecified atom stereocenters. The van der Waals surface area contributed by atoms with E-state index >= 15 is 0 Å². The van der Waals surface area contributed by atoms with Gasteiger partial charge in [-0.15, -0.1) is 0 Å². The summed E-state index contributed by atoms with van der Waals surface area (Å²) in [5.74, 6) is -6.27. The zero-order valence-corrected chi connectivity index (χ0v) is 12.2. The molecule has 0 spiro atoms. The smallest absolute Gasteiger partial charge is 0.253 e. The summed E-state index contributed by atoms with van der Waals surface area (Å²) in [5, 5.41) is 2.57. The van der Waals surface area contributed by atoms with Crippen molar-refractivity contribution in [2.75, 3.05) is 23.3 Å². The predicted octanol–water partition coefficient (Wildman–Crippen LogP) is 3.72. The molecule has 1 saturated heterocycles. The van der Waals surface area contributed by atoms with Gasteiger partial charge in [0.1, 0.15) is 5.69 Å². The lowest BCUT2D eigenvalue weighted by molar-refractivity contribution is 0.407. The molecular formula is C16H15F4N3. The molecule has 0 aliphatic carbocycles. The van der Waals surface area contributed by atoms with Gasteiger partial charge >= 0.3 is 0 Å². The fraction of sp³-hybridized carbons (Fsp3) is 0.312. The number of piperidine rings is 1. The van der Waals surface area contributed by atoms with Crippen LogP contribution in [0, 0.1) is 23.5 Å². The van der Waals surface area contributed by atoms with E-state index < -0.39 is 29.2 Å². The summed E-state index contributed by atoms with van der Waals surface area (Å²) in [6.45, 7) is 1.36. The summed E-state index contributed by atoms with van der Waals surface area (Å²) in [6.07, 6.45) is 1.19. The molecule has 0 atom stereocenters. The summed E-state index contributed by atoms with van der Waals surface area (Å²) in [5.41, 5.74) is 0.289. The van der Waals surface area contributed by atoms with E-state index in [2.05, 4.69) is 15.2 Å². The van der Waals surface area contributed by atoms with E-state index in [1.54, 1.807) is 0 Å². The molecule has 0 bridgehead atoms. The molecule has 1 aliphatic heterocycles. The van der Waals surface area contributed by atoms with Crippen molar-refractivity contribution in [3.05, 3.63) is 53.9 Å². The van der Waals surface area contributed by atoms with Crippen LogP contribution in [0.2, 0.25) is 0 Å². The Hall–Kier alpha value is -2.31. The first-order valence-electron chi connectivity index (χ1n) is 7.33. The van der Waals surface area contributed by atoms with Crippen LogP contribution in [0.4, 0.5) is 28.9 Å². The Morgan fingerprint density at radius 2 is 1.48 bits per heavy atom. The Morgan fingerprint density at radius 3 is 2.04 bits per heavy atom. The first kappa shape index (κ1) is 15.6. The average molecular weight is 325 g/mol. The van der Waals surface area contributed by atoms with Gasteiger partial charge < -0.3 is 10.2 Å². The van der Waals surface area contributed by atoms with Gasteiger partial charge in [0.15, 0.2) is 0 Å². The average Bonchev–Trinajstić information content (AvgIpc) is 2.58. The first-order chi connectivity index (χ1) is 11.1. The van der Waals surface area contributed by atoms with Crippen molar-refractivity contribution in [1.82, 2.24) is 4.98 Å². The molecule has 1 aromatic heterocycles. The van der Waals surface area contributed by atoms with E-state index in [0.717, 1.165) is 5.69 Å². The number of halogens is 4. The van der Waals surface area contributed by atoms with E-state index in [1.165, 1.54) is 0 Å². The summed E-state index contributed by atoms with van der Waals surface area (Å²) in [7, 11) is 0. The van der Waals surface area contributed by atoms with Gasteiger partial charge in [0, 0.05) is 24.8 Å². The lowest BCUT2D eigenvalue weighted by Crippen LogP contribution is -2.39. The van der Waals surface area contributed by atoms with Gasteiger partial charge in [-0.2, -0.15) is 22.5 Å². The molecule has 0 radical (unpaired) electrons. The molecule has 0 amide bonds. The maximum absolute atomic E-state index is 13.6. The summed E-state index contributed by atoms with van der Waals surface area (Å²) in [6, 6.07) is 9.51. The van der Waals surface area contributed by atoms with Gasteiger partial charge in [0.2, 0.25) is 11.6 Å². The summed E-state index contributed by atoms with van der Waals surface area (Å²) >= 11 is 0. The monoisotopic (exact) mass is 325 g/mol. The second kappa shape index (κ2) is 6.44. The number of nitrogens with zero attached hydrogens (tertiary/aromatic N) is 2. The molecule has 3 rings (SSSR count). The maximum atomic E-state index is 13.6. The molecular weight excluding hydrogens is 310 g/mol. The standard InChI is InChI=1S/C16H15F4N3/c17-12-14(13(18)16(20)22-15(12)19)21-10-6-8-23(9-7-10)11-4-2-1-3-5-11/h1-5,10H,6-9H2,(H,21,22). The summed E-state index contributed by atoms with van der Waals surface area (Å²) < 4.78 is 53.5. The third-order valence-electron chi connectivity index (χ3n) is 3.96. The number of pyridine rings is 1. The van der Waals surface area contributed by atoms with E-state index in [0.29, 0.717) is 25.9 Å². The molecule has 122 valence electrons. The zero-order valence-electron chi connectivity index (χ0n) is 12.2. The maximum Gasteiger partial charge on any atom is 0.253 e. The predicted molar refractivity (Wildman–Crippen MR) is 79.4 cm³/mol. The van der Waals surface area contributed by atoms with Crippen LogP contribution in [0.5, 0.6) is 0 Å². The molecule has 1 fully saturated rings. The first-order valence-corrected chi connectivity index (χ1v) is 7.33. The van der Waals surface area contributed by atoms with Gasteiger partial charge in [0.25, 0.3) is 11.9 Å². The zero-order chi connectivity index (χ0) is 16.4. The third kappa shape index (κ3) is 3.23. The van der Waals surface area contributed by atoms with E-state index in [4.69, 9.17) is 0 Å². The number of aromatic nitrogens is 1. The van der Waals surface area contributed by atoms with Gasteiger partial charge in [-0.3, -0.25) is 0 Å². The molecule has 1 aromatic carbocycles. The normalized spacial score (nSPS) is 15.7. The summed E-state index contributed by atoms with van der Waals surface area (Å²) in [4.78, 5) is 4.70. The quantitative estimate of drug-likeness (QED) is 0.689. The van der Waals surface area contributed by atoms with E-state index in [9.17, 15) is 17.6 Å².